The number of aryl methyl sites for hydroxylation is 1. The topological polar surface area (TPSA) is 81.2 Å². The first-order valence-corrected chi connectivity index (χ1v) is 6.00. The van der Waals surface area contributed by atoms with Crippen LogP contribution in [-0.2, 0) is 11.8 Å². The molecule has 1 atom stereocenters. The van der Waals surface area contributed by atoms with Crippen molar-refractivity contribution in [2.45, 2.75) is 19.8 Å². The van der Waals surface area contributed by atoms with Gasteiger partial charge in [-0.1, -0.05) is 0 Å². The van der Waals surface area contributed by atoms with Crippen LogP contribution in [0, 0.1) is 5.41 Å². The molecule has 0 aromatic carbocycles. The van der Waals surface area contributed by atoms with Crippen molar-refractivity contribution >= 4 is 11.8 Å². The molecule has 1 aromatic heterocycles. The molecule has 2 rings (SSSR count). The summed E-state index contributed by atoms with van der Waals surface area (Å²) in [5.41, 5.74) is 5.35. The van der Waals surface area contributed by atoms with Gasteiger partial charge in [0.25, 0.3) is 5.91 Å². The number of nitrogens with zero attached hydrogens (tertiary/aromatic N) is 3. The molecule has 18 heavy (non-hydrogen) atoms. The quantitative estimate of drug-likeness (QED) is 0.811. The van der Waals surface area contributed by atoms with E-state index in [1.165, 1.54) is 0 Å². The average molecular weight is 250 g/mol. The summed E-state index contributed by atoms with van der Waals surface area (Å²) in [7, 11) is 1.76. The minimum Gasteiger partial charge on any atom is -0.369 e. The van der Waals surface area contributed by atoms with Crippen LogP contribution >= 0.6 is 0 Å². The molecule has 0 saturated carbocycles. The van der Waals surface area contributed by atoms with Crippen molar-refractivity contribution in [3.05, 3.63) is 18.0 Å². The lowest BCUT2D eigenvalue weighted by atomic mass is 9.81. The third-order valence-corrected chi connectivity index (χ3v) is 3.53. The summed E-state index contributed by atoms with van der Waals surface area (Å²) >= 11 is 0. The molecule has 98 valence electrons. The molecule has 1 saturated heterocycles. The fourth-order valence-electron chi connectivity index (χ4n) is 2.33. The Labute approximate surface area is 106 Å². The molecule has 1 aromatic rings. The minimum absolute atomic E-state index is 0.0877. The maximum Gasteiger partial charge on any atom is 0.257 e. The fourth-order valence-corrected chi connectivity index (χ4v) is 2.33. The van der Waals surface area contributed by atoms with Crippen molar-refractivity contribution in [1.82, 2.24) is 14.7 Å². The number of carbonyl (C=O) groups excluding carboxylic acids is 2. The summed E-state index contributed by atoms with van der Waals surface area (Å²) in [6.07, 6.45) is 4.75. The zero-order chi connectivity index (χ0) is 13.3. The summed E-state index contributed by atoms with van der Waals surface area (Å²) in [6.45, 7) is 2.87. The monoisotopic (exact) mass is 250 g/mol. The first-order valence-electron chi connectivity index (χ1n) is 6.00. The fraction of sp³-hybridized carbons (Fsp3) is 0.583. The van der Waals surface area contributed by atoms with E-state index in [-0.39, 0.29) is 11.8 Å². The average Bonchev–Trinajstić information content (AvgIpc) is 2.75. The first-order chi connectivity index (χ1) is 8.42. The normalized spacial score (nSPS) is 24.0. The SMILES string of the molecule is Cn1cc(C(=O)N2CCC[C@@](C)(C(N)=O)C2)cn1. The number of nitrogens with two attached hydrogens (primary N) is 1. The second-order valence-electron chi connectivity index (χ2n) is 5.16. The van der Waals surface area contributed by atoms with Gasteiger partial charge in [-0.2, -0.15) is 5.10 Å². The van der Waals surface area contributed by atoms with Crippen LogP contribution in [0.5, 0.6) is 0 Å². The van der Waals surface area contributed by atoms with Crippen LogP contribution in [0.1, 0.15) is 30.1 Å². The van der Waals surface area contributed by atoms with Gasteiger partial charge in [0.1, 0.15) is 0 Å². The van der Waals surface area contributed by atoms with Crippen molar-refractivity contribution < 1.29 is 9.59 Å². The number of amides is 2. The highest BCUT2D eigenvalue weighted by Gasteiger charge is 2.38. The maximum absolute atomic E-state index is 12.2. The highest BCUT2D eigenvalue weighted by atomic mass is 16.2. The molecule has 6 nitrogen and oxygen atoms in total. The Morgan fingerprint density at radius 1 is 1.50 bits per heavy atom. The van der Waals surface area contributed by atoms with Crippen molar-refractivity contribution in [1.29, 1.82) is 0 Å². The van der Waals surface area contributed by atoms with E-state index in [9.17, 15) is 9.59 Å². The van der Waals surface area contributed by atoms with Crippen LogP contribution in [0.25, 0.3) is 0 Å². The Kier molecular flexibility index (Phi) is 3.11. The molecule has 0 radical (unpaired) electrons. The molecule has 2 N–H and O–H groups in total. The zero-order valence-corrected chi connectivity index (χ0v) is 10.7. The lowest BCUT2D eigenvalue weighted by Crippen LogP contribution is -2.50. The third kappa shape index (κ3) is 2.23. The largest absolute Gasteiger partial charge is 0.369 e. The minimum atomic E-state index is -0.615. The van der Waals surface area contributed by atoms with Crippen LogP contribution in [-0.4, -0.2) is 39.6 Å². The second-order valence-corrected chi connectivity index (χ2v) is 5.16. The number of hydrogen-bond acceptors (Lipinski definition) is 3. The van der Waals surface area contributed by atoms with Crippen LogP contribution in [0.2, 0.25) is 0 Å². The number of aromatic nitrogens is 2. The Balaban J connectivity index is 2.14. The summed E-state index contributed by atoms with van der Waals surface area (Å²) in [6, 6.07) is 0. The highest BCUT2D eigenvalue weighted by Crippen LogP contribution is 2.29. The molecule has 0 aliphatic carbocycles. The van der Waals surface area contributed by atoms with Crippen molar-refractivity contribution in [2.75, 3.05) is 13.1 Å². The maximum atomic E-state index is 12.2. The van der Waals surface area contributed by atoms with Gasteiger partial charge < -0.3 is 10.6 Å². The first kappa shape index (κ1) is 12.6. The predicted octanol–water partition coefficient (Wildman–Crippen LogP) is 0.148. The molecular weight excluding hydrogens is 232 g/mol. The predicted molar refractivity (Wildman–Crippen MR) is 65.6 cm³/mol. The zero-order valence-electron chi connectivity index (χ0n) is 10.7. The molecule has 0 bridgehead atoms. The van der Waals surface area contributed by atoms with E-state index < -0.39 is 5.41 Å². The van der Waals surface area contributed by atoms with Crippen LogP contribution < -0.4 is 5.73 Å². The molecule has 0 unspecified atom stereocenters. The van der Waals surface area contributed by atoms with Gasteiger partial charge in [-0.05, 0) is 19.8 Å². The summed E-state index contributed by atoms with van der Waals surface area (Å²) in [4.78, 5) is 25.4. The van der Waals surface area contributed by atoms with Crippen molar-refractivity contribution in [3.63, 3.8) is 0 Å². The molecule has 6 heteroatoms. The van der Waals surface area contributed by atoms with Gasteiger partial charge in [0.15, 0.2) is 0 Å². The van der Waals surface area contributed by atoms with Gasteiger partial charge in [0.05, 0.1) is 17.2 Å². The molecule has 1 fully saturated rings. The lowest BCUT2D eigenvalue weighted by molar-refractivity contribution is -0.129. The van der Waals surface area contributed by atoms with E-state index >= 15 is 0 Å². The molecule has 1 aliphatic rings. The summed E-state index contributed by atoms with van der Waals surface area (Å²) in [5, 5.41) is 3.98. The summed E-state index contributed by atoms with van der Waals surface area (Å²) < 4.78 is 1.59. The number of likely N-dealkylation sites (tertiary alicyclic amines) is 1. The van der Waals surface area contributed by atoms with Crippen molar-refractivity contribution in [2.24, 2.45) is 18.2 Å². The van der Waals surface area contributed by atoms with E-state index in [1.54, 1.807) is 29.0 Å². The Morgan fingerprint density at radius 2 is 2.22 bits per heavy atom. The van der Waals surface area contributed by atoms with Gasteiger partial charge in [-0.15, -0.1) is 0 Å². The Hall–Kier alpha value is -1.85. The molecule has 0 spiro atoms. The van der Waals surface area contributed by atoms with Crippen LogP contribution in [0.3, 0.4) is 0 Å². The smallest absolute Gasteiger partial charge is 0.257 e. The highest BCUT2D eigenvalue weighted by molar-refractivity contribution is 5.94. The van der Waals surface area contributed by atoms with E-state index in [0.717, 1.165) is 12.8 Å². The van der Waals surface area contributed by atoms with Gasteiger partial charge >= 0.3 is 0 Å². The van der Waals surface area contributed by atoms with E-state index in [1.807, 2.05) is 6.92 Å². The van der Waals surface area contributed by atoms with E-state index in [2.05, 4.69) is 5.10 Å². The molecule has 2 heterocycles. The molecule has 2 amide bonds. The van der Waals surface area contributed by atoms with Gasteiger partial charge in [0, 0.05) is 26.3 Å². The standard InChI is InChI=1S/C12H18N4O2/c1-12(11(13)18)4-3-5-16(8-12)10(17)9-6-14-15(2)7-9/h6-7H,3-5,8H2,1-2H3,(H2,13,18)/t12-/m1/s1. The molecule has 1 aliphatic heterocycles. The van der Waals surface area contributed by atoms with Gasteiger partial charge in [-0.25, -0.2) is 0 Å². The van der Waals surface area contributed by atoms with E-state index in [0.29, 0.717) is 18.7 Å². The Morgan fingerprint density at radius 3 is 2.78 bits per heavy atom. The third-order valence-electron chi connectivity index (χ3n) is 3.53. The van der Waals surface area contributed by atoms with Crippen LogP contribution in [0.4, 0.5) is 0 Å². The number of hydrogen-bond donors (Lipinski definition) is 1. The lowest BCUT2D eigenvalue weighted by Gasteiger charge is -2.38. The number of carbonyl (C=O) groups is 2. The van der Waals surface area contributed by atoms with Crippen LogP contribution in [0.15, 0.2) is 12.4 Å². The Bertz CT molecular complexity index is 482. The number of piperidine rings is 1. The van der Waals surface area contributed by atoms with Gasteiger partial charge in [-0.3, -0.25) is 14.3 Å². The number of primary amides is 1. The second kappa shape index (κ2) is 4.44. The van der Waals surface area contributed by atoms with E-state index in [4.69, 9.17) is 5.73 Å². The van der Waals surface area contributed by atoms with Gasteiger partial charge in [0.2, 0.25) is 5.91 Å². The molecular formula is C12H18N4O2. The van der Waals surface area contributed by atoms with Crippen molar-refractivity contribution in [3.8, 4) is 0 Å². The number of rotatable bonds is 2. The summed E-state index contributed by atoms with van der Waals surface area (Å²) in [5.74, 6) is -0.429.